The van der Waals surface area contributed by atoms with E-state index in [-0.39, 0.29) is 30.7 Å². The number of primary amides is 1. The van der Waals surface area contributed by atoms with Crippen molar-refractivity contribution in [2.75, 3.05) is 0 Å². The predicted molar refractivity (Wildman–Crippen MR) is 46.4 cm³/mol. The fourth-order valence-electron chi connectivity index (χ4n) is 1.59. The van der Waals surface area contributed by atoms with Gasteiger partial charge in [0.25, 0.3) is 0 Å². The summed E-state index contributed by atoms with van der Waals surface area (Å²) in [4.78, 5) is 10.6. The molecule has 88 valence electrons. The first-order valence-electron chi connectivity index (χ1n) is 4.66. The van der Waals surface area contributed by atoms with Crippen molar-refractivity contribution in [1.29, 1.82) is 0 Å². The number of nitrogens with two attached hydrogens (primary N) is 1. The van der Waals surface area contributed by atoms with Gasteiger partial charge in [-0.05, 0) is 12.8 Å². The Labute approximate surface area is 88.6 Å². The van der Waals surface area contributed by atoms with Gasteiger partial charge >= 0.3 is 6.18 Å². The lowest BCUT2D eigenvalue weighted by Crippen LogP contribution is -2.28. The standard InChI is InChI=1S/C9H9F3N2O2/c10-9(11,12)8(1-2-8)6-3-5(14-16-6)4-7(13)15/h3H,1-2,4H2,(H2,13,15). The van der Waals surface area contributed by atoms with Crippen molar-refractivity contribution in [2.24, 2.45) is 5.73 Å². The highest BCUT2D eigenvalue weighted by Crippen LogP contribution is 2.58. The van der Waals surface area contributed by atoms with Crippen molar-refractivity contribution in [1.82, 2.24) is 5.16 Å². The first-order valence-corrected chi connectivity index (χ1v) is 4.66. The van der Waals surface area contributed by atoms with Gasteiger partial charge in [0.1, 0.15) is 5.41 Å². The van der Waals surface area contributed by atoms with Gasteiger partial charge in [-0.25, -0.2) is 0 Å². The predicted octanol–water partition coefficient (Wildman–Crippen LogP) is 1.30. The molecule has 1 aromatic rings. The number of alkyl halides is 3. The molecule has 1 aromatic heterocycles. The molecule has 0 saturated heterocycles. The zero-order valence-electron chi connectivity index (χ0n) is 8.17. The number of hydrogen-bond acceptors (Lipinski definition) is 3. The molecule has 7 heteroatoms. The molecular weight excluding hydrogens is 225 g/mol. The van der Waals surface area contributed by atoms with E-state index in [4.69, 9.17) is 5.73 Å². The van der Waals surface area contributed by atoms with Crippen molar-refractivity contribution in [2.45, 2.75) is 30.9 Å². The molecule has 0 unspecified atom stereocenters. The van der Waals surface area contributed by atoms with Crippen LogP contribution in [-0.2, 0) is 16.6 Å². The highest BCUT2D eigenvalue weighted by molar-refractivity contribution is 5.76. The van der Waals surface area contributed by atoms with Gasteiger partial charge < -0.3 is 10.3 Å². The second-order valence-electron chi connectivity index (χ2n) is 3.91. The molecule has 1 heterocycles. The van der Waals surface area contributed by atoms with E-state index in [0.29, 0.717) is 0 Å². The summed E-state index contributed by atoms with van der Waals surface area (Å²) in [7, 11) is 0. The third-order valence-electron chi connectivity index (χ3n) is 2.68. The van der Waals surface area contributed by atoms with Gasteiger partial charge in [0.2, 0.25) is 5.91 Å². The molecule has 1 saturated carbocycles. The van der Waals surface area contributed by atoms with E-state index in [9.17, 15) is 18.0 Å². The third-order valence-corrected chi connectivity index (χ3v) is 2.68. The Morgan fingerprint density at radius 3 is 2.62 bits per heavy atom. The molecule has 4 nitrogen and oxygen atoms in total. The number of rotatable bonds is 3. The lowest BCUT2D eigenvalue weighted by Gasteiger charge is -2.15. The lowest BCUT2D eigenvalue weighted by atomic mass is 10.0. The van der Waals surface area contributed by atoms with Crippen LogP contribution in [0.5, 0.6) is 0 Å². The monoisotopic (exact) mass is 234 g/mol. The number of aromatic nitrogens is 1. The maximum absolute atomic E-state index is 12.7. The van der Waals surface area contributed by atoms with Crippen molar-refractivity contribution >= 4 is 5.91 Å². The minimum Gasteiger partial charge on any atom is -0.369 e. The number of hydrogen-bond donors (Lipinski definition) is 1. The van der Waals surface area contributed by atoms with E-state index in [1.165, 1.54) is 0 Å². The SMILES string of the molecule is NC(=O)Cc1cc(C2(C(F)(F)F)CC2)on1. The third kappa shape index (κ3) is 1.66. The Morgan fingerprint density at radius 1 is 1.56 bits per heavy atom. The van der Waals surface area contributed by atoms with Crippen LogP contribution in [0.3, 0.4) is 0 Å². The summed E-state index contributed by atoms with van der Waals surface area (Å²) in [5.41, 5.74) is 3.15. The quantitative estimate of drug-likeness (QED) is 0.856. The highest BCUT2D eigenvalue weighted by Gasteiger charge is 2.66. The molecular formula is C9H9F3N2O2. The average Bonchev–Trinajstić information content (AvgIpc) is 2.82. The summed E-state index contributed by atoms with van der Waals surface area (Å²) < 4.78 is 42.7. The molecule has 1 aliphatic carbocycles. The molecule has 0 bridgehead atoms. The minimum atomic E-state index is -4.34. The molecule has 1 aliphatic rings. The number of nitrogens with zero attached hydrogens (tertiary/aromatic N) is 1. The van der Waals surface area contributed by atoms with Crippen LogP contribution in [0.2, 0.25) is 0 Å². The summed E-state index contributed by atoms with van der Waals surface area (Å²) in [6.45, 7) is 0. The van der Waals surface area contributed by atoms with Crippen LogP contribution in [0.15, 0.2) is 10.6 Å². The Balaban J connectivity index is 2.23. The van der Waals surface area contributed by atoms with Gasteiger partial charge in [-0.2, -0.15) is 13.2 Å². The topological polar surface area (TPSA) is 69.1 Å². The van der Waals surface area contributed by atoms with Crippen LogP contribution >= 0.6 is 0 Å². The molecule has 1 fully saturated rings. The van der Waals surface area contributed by atoms with E-state index < -0.39 is 17.5 Å². The van der Waals surface area contributed by atoms with Crippen molar-refractivity contribution in [3.63, 3.8) is 0 Å². The van der Waals surface area contributed by atoms with Crippen LogP contribution in [0.1, 0.15) is 24.3 Å². The van der Waals surface area contributed by atoms with Crippen molar-refractivity contribution in [3.8, 4) is 0 Å². The maximum Gasteiger partial charge on any atom is 0.401 e. The molecule has 1 amide bonds. The molecule has 0 spiro atoms. The number of amides is 1. The van der Waals surface area contributed by atoms with Crippen LogP contribution in [0, 0.1) is 0 Å². The van der Waals surface area contributed by atoms with Crippen molar-refractivity contribution in [3.05, 3.63) is 17.5 Å². The minimum absolute atomic E-state index is 0.00169. The Bertz CT molecular complexity index is 421. The smallest absolute Gasteiger partial charge is 0.369 e. The number of halogens is 3. The first kappa shape index (κ1) is 11.0. The van der Waals surface area contributed by atoms with Gasteiger partial charge in [0.05, 0.1) is 12.1 Å². The zero-order chi connectivity index (χ0) is 12.0. The molecule has 0 aliphatic heterocycles. The van der Waals surface area contributed by atoms with Crippen LogP contribution in [0.25, 0.3) is 0 Å². The van der Waals surface area contributed by atoms with Gasteiger partial charge in [0.15, 0.2) is 5.76 Å². The second kappa shape index (κ2) is 3.23. The Hall–Kier alpha value is -1.53. The van der Waals surface area contributed by atoms with E-state index in [1.807, 2.05) is 0 Å². The van der Waals surface area contributed by atoms with Gasteiger partial charge in [-0.1, -0.05) is 5.16 Å². The molecule has 16 heavy (non-hydrogen) atoms. The summed E-state index contributed by atoms with van der Waals surface area (Å²) in [5, 5.41) is 3.40. The summed E-state index contributed by atoms with van der Waals surface area (Å²) in [5.74, 6) is -0.882. The molecule has 2 N–H and O–H groups in total. The van der Waals surface area contributed by atoms with Gasteiger partial charge in [-0.3, -0.25) is 4.79 Å². The van der Waals surface area contributed by atoms with E-state index >= 15 is 0 Å². The first-order chi connectivity index (χ1) is 7.35. The highest BCUT2D eigenvalue weighted by atomic mass is 19.4. The average molecular weight is 234 g/mol. The molecule has 0 aromatic carbocycles. The van der Waals surface area contributed by atoms with Crippen LogP contribution in [0.4, 0.5) is 13.2 Å². The molecule has 2 rings (SSSR count). The van der Waals surface area contributed by atoms with Crippen LogP contribution in [-0.4, -0.2) is 17.2 Å². The molecule has 0 atom stereocenters. The van der Waals surface area contributed by atoms with E-state index in [0.717, 1.165) is 6.07 Å². The normalized spacial score (nSPS) is 18.4. The van der Waals surface area contributed by atoms with E-state index in [2.05, 4.69) is 9.68 Å². The number of carbonyl (C=O) groups excluding carboxylic acids is 1. The Kier molecular flexibility index (Phi) is 2.21. The number of carbonyl (C=O) groups is 1. The van der Waals surface area contributed by atoms with Crippen molar-refractivity contribution < 1.29 is 22.5 Å². The van der Waals surface area contributed by atoms with E-state index in [1.54, 1.807) is 0 Å². The second-order valence-corrected chi connectivity index (χ2v) is 3.91. The lowest BCUT2D eigenvalue weighted by molar-refractivity contribution is -0.165. The maximum atomic E-state index is 12.7. The summed E-state index contributed by atoms with van der Waals surface area (Å²) in [6, 6.07) is 1.16. The largest absolute Gasteiger partial charge is 0.401 e. The van der Waals surface area contributed by atoms with Crippen LogP contribution < -0.4 is 5.73 Å². The summed E-state index contributed by atoms with van der Waals surface area (Å²) >= 11 is 0. The Morgan fingerprint density at radius 2 is 2.19 bits per heavy atom. The fourth-order valence-corrected chi connectivity index (χ4v) is 1.59. The van der Waals surface area contributed by atoms with Gasteiger partial charge in [-0.15, -0.1) is 0 Å². The van der Waals surface area contributed by atoms with Gasteiger partial charge in [0, 0.05) is 6.07 Å². The fraction of sp³-hybridized carbons (Fsp3) is 0.556. The molecule has 0 radical (unpaired) electrons. The zero-order valence-corrected chi connectivity index (χ0v) is 8.17. The summed E-state index contributed by atoms with van der Waals surface area (Å²) in [6.07, 6.45) is -4.54.